The van der Waals surface area contributed by atoms with Crippen molar-refractivity contribution in [3.8, 4) is 0 Å². The van der Waals surface area contributed by atoms with Crippen molar-refractivity contribution >= 4 is 17.1 Å². The predicted octanol–water partition coefficient (Wildman–Crippen LogP) is 5.42. The van der Waals surface area contributed by atoms with Crippen LogP contribution in [-0.4, -0.2) is 6.17 Å². The number of benzene rings is 3. The summed E-state index contributed by atoms with van der Waals surface area (Å²) >= 11 is 0. The molecule has 0 amide bonds. The summed E-state index contributed by atoms with van der Waals surface area (Å²) in [4.78, 5) is 4.74. The van der Waals surface area contributed by atoms with Crippen LogP contribution in [0.3, 0.4) is 0 Å². The smallest absolute Gasteiger partial charge is 0.123 e. The molecule has 3 heteroatoms. The van der Waals surface area contributed by atoms with Crippen molar-refractivity contribution in [1.29, 1.82) is 0 Å². The van der Waals surface area contributed by atoms with Crippen molar-refractivity contribution in [2.75, 3.05) is 9.80 Å². The molecule has 26 heavy (non-hydrogen) atoms. The van der Waals surface area contributed by atoms with Gasteiger partial charge in [-0.15, -0.1) is 0 Å². The fourth-order valence-electron chi connectivity index (χ4n) is 4.06. The molecule has 0 radical (unpaired) electrons. The predicted molar refractivity (Wildman–Crippen MR) is 104 cm³/mol. The summed E-state index contributed by atoms with van der Waals surface area (Å²) in [6.07, 6.45) is 4.56. The van der Waals surface area contributed by atoms with Crippen LogP contribution in [0, 0.1) is 5.82 Å². The van der Waals surface area contributed by atoms with Crippen molar-refractivity contribution in [1.82, 2.24) is 0 Å². The van der Waals surface area contributed by atoms with Crippen molar-refractivity contribution in [2.24, 2.45) is 0 Å². The third-order valence-electron chi connectivity index (χ3n) is 5.26. The van der Waals surface area contributed by atoms with E-state index >= 15 is 0 Å². The van der Waals surface area contributed by atoms with Crippen LogP contribution in [0.1, 0.15) is 17.5 Å². The van der Waals surface area contributed by atoms with Crippen LogP contribution >= 0.6 is 0 Å². The average Bonchev–Trinajstić information content (AvgIpc) is 3.09. The molecule has 0 bridgehead atoms. The van der Waals surface area contributed by atoms with Crippen LogP contribution < -0.4 is 9.80 Å². The highest BCUT2D eigenvalue weighted by molar-refractivity contribution is 5.87. The first kappa shape index (κ1) is 15.2. The minimum atomic E-state index is -0.207. The Labute approximate surface area is 152 Å². The Morgan fingerprint density at radius 1 is 0.808 bits per heavy atom. The zero-order chi connectivity index (χ0) is 17.5. The number of fused-ring (bicyclic) bond motifs is 3. The van der Waals surface area contributed by atoms with Crippen molar-refractivity contribution in [3.63, 3.8) is 0 Å². The molecule has 3 aromatic rings. The van der Waals surface area contributed by atoms with E-state index in [0.29, 0.717) is 0 Å². The highest BCUT2D eigenvalue weighted by atomic mass is 19.1. The summed E-state index contributed by atoms with van der Waals surface area (Å²) in [7, 11) is 0. The summed E-state index contributed by atoms with van der Waals surface area (Å²) in [5.74, 6) is -0.207. The molecule has 0 saturated carbocycles. The number of hydrogen-bond donors (Lipinski definition) is 0. The first-order valence-corrected chi connectivity index (χ1v) is 8.99. The Morgan fingerprint density at radius 3 is 2.35 bits per heavy atom. The molecule has 1 atom stereocenters. The molecule has 2 nitrogen and oxygen atoms in total. The van der Waals surface area contributed by atoms with E-state index < -0.39 is 0 Å². The first-order valence-electron chi connectivity index (χ1n) is 8.99. The standard InChI is InChI=1S/C23H19FN2/c24-19-13-10-18(11-14-19)22-16-25-21-9-5-4-6-17(21)12-15-23(25)26(22)20-7-2-1-3-8-20/h1-11,13-14,16,23H,12,15H2/t23-/m1/s1. The number of aryl methyl sites for hydroxylation is 1. The minimum absolute atomic E-state index is 0.207. The monoisotopic (exact) mass is 342 g/mol. The first-order chi connectivity index (χ1) is 12.8. The van der Waals surface area contributed by atoms with E-state index in [1.54, 1.807) is 0 Å². The Hall–Kier alpha value is -3.07. The van der Waals surface area contributed by atoms with Gasteiger partial charge in [-0.05, 0) is 66.4 Å². The summed E-state index contributed by atoms with van der Waals surface area (Å²) in [5, 5.41) is 0. The van der Waals surface area contributed by atoms with Crippen LogP contribution in [0.5, 0.6) is 0 Å². The number of rotatable bonds is 2. The van der Waals surface area contributed by atoms with Crippen molar-refractivity contribution in [2.45, 2.75) is 19.0 Å². The van der Waals surface area contributed by atoms with E-state index in [-0.39, 0.29) is 12.0 Å². The zero-order valence-corrected chi connectivity index (χ0v) is 14.3. The maximum absolute atomic E-state index is 13.4. The van der Waals surface area contributed by atoms with Gasteiger partial charge in [-0.3, -0.25) is 0 Å². The molecule has 2 heterocycles. The normalized spacial score (nSPS) is 18.3. The molecule has 0 aliphatic carbocycles. The van der Waals surface area contributed by atoms with Gasteiger partial charge in [-0.25, -0.2) is 4.39 Å². The second kappa shape index (κ2) is 6.03. The van der Waals surface area contributed by atoms with E-state index in [1.165, 1.54) is 23.4 Å². The fraction of sp³-hybridized carbons (Fsp3) is 0.130. The Morgan fingerprint density at radius 2 is 1.54 bits per heavy atom. The van der Waals surface area contributed by atoms with Crippen LogP contribution in [-0.2, 0) is 6.42 Å². The van der Waals surface area contributed by atoms with Gasteiger partial charge < -0.3 is 9.80 Å². The molecule has 0 N–H and O–H groups in total. The molecule has 0 spiro atoms. The van der Waals surface area contributed by atoms with Gasteiger partial charge in [-0.2, -0.15) is 0 Å². The van der Waals surface area contributed by atoms with Crippen molar-refractivity contribution in [3.05, 3.63) is 102 Å². The summed E-state index contributed by atoms with van der Waals surface area (Å²) in [6, 6.07) is 25.8. The lowest BCUT2D eigenvalue weighted by Gasteiger charge is -2.38. The quantitative estimate of drug-likeness (QED) is 0.613. The lowest BCUT2D eigenvalue weighted by molar-refractivity contribution is 0.599. The van der Waals surface area contributed by atoms with E-state index in [0.717, 1.165) is 29.8 Å². The van der Waals surface area contributed by atoms with Gasteiger partial charge in [0.15, 0.2) is 0 Å². The lowest BCUT2D eigenvalue weighted by atomic mass is 9.99. The second-order valence-electron chi connectivity index (χ2n) is 6.78. The van der Waals surface area contributed by atoms with Gasteiger partial charge in [0.25, 0.3) is 0 Å². The molecule has 3 aromatic carbocycles. The molecule has 2 aliphatic heterocycles. The van der Waals surface area contributed by atoms with Gasteiger partial charge >= 0.3 is 0 Å². The van der Waals surface area contributed by atoms with Crippen LogP contribution in [0.4, 0.5) is 15.8 Å². The molecular formula is C23H19FN2. The minimum Gasteiger partial charge on any atom is -0.324 e. The van der Waals surface area contributed by atoms with E-state index in [9.17, 15) is 4.39 Å². The number of hydrogen-bond acceptors (Lipinski definition) is 2. The number of anilines is 2. The van der Waals surface area contributed by atoms with Gasteiger partial charge in [-0.1, -0.05) is 36.4 Å². The third-order valence-corrected chi connectivity index (χ3v) is 5.26. The number of para-hydroxylation sites is 2. The van der Waals surface area contributed by atoms with Crippen molar-refractivity contribution < 1.29 is 4.39 Å². The molecule has 0 fully saturated rings. The van der Waals surface area contributed by atoms with Crippen LogP contribution in [0.15, 0.2) is 85.1 Å². The summed E-state index contributed by atoms with van der Waals surface area (Å²) in [5.41, 5.74) is 5.95. The average molecular weight is 342 g/mol. The fourth-order valence-corrected chi connectivity index (χ4v) is 4.06. The van der Waals surface area contributed by atoms with Gasteiger partial charge in [0.05, 0.1) is 5.70 Å². The molecule has 0 unspecified atom stereocenters. The Bertz CT molecular complexity index is 963. The van der Waals surface area contributed by atoms with Crippen LogP contribution in [0.2, 0.25) is 0 Å². The number of nitrogens with zero attached hydrogens (tertiary/aromatic N) is 2. The van der Waals surface area contributed by atoms with Gasteiger partial charge in [0, 0.05) is 17.6 Å². The molecule has 128 valence electrons. The number of halogens is 1. The highest BCUT2D eigenvalue weighted by Gasteiger charge is 2.37. The third kappa shape index (κ3) is 2.39. The topological polar surface area (TPSA) is 6.48 Å². The largest absolute Gasteiger partial charge is 0.324 e. The summed E-state index contributed by atoms with van der Waals surface area (Å²) < 4.78 is 13.4. The maximum Gasteiger partial charge on any atom is 0.123 e. The molecule has 0 aromatic heterocycles. The maximum atomic E-state index is 13.4. The summed E-state index contributed by atoms with van der Waals surface area (Å²) in [6.45, 7) is 0. The molecular weight excluding hydrogens is 323 g/mol. The Kier molecular flexibility index (Phi) is 3.52. The Balaban J connectivity index is 1.66. The highest BCUT2D eigenvalue weighted by Crippen LogP contribution is 2.43. The lowest BCUT2D eigenvalue weighted by Crippen LogP contribution is -2.42. The second-order valence-corrected chi connectivity index (χ2v) is 6.78. The van der Waals surface area contributed by atoms with Gasteiger partial charge in [0.2, 0.25) is 0 Å². The van der Waals surface area contributed by atoms with Crippen LogP contribution in [0.25, 0.3) is 5.70 Å². The molecule has 2 aliphatic rings. The van der Waals surface area contributed by atoms with Gasteiger partial charge in [0.1, 0.15) is 12.0 Å². The molecule has 0 saturated heterocycles. The zero-order valence-electron chi connectivity index (χ0n) is 14.3. The SMILES string of the molecule is Fc1ccc(C2=CN3c4ccccc4CC[C@H]3N2c2ccccc2)cc1. The molecule has 5 rings (SSSR count). The van der Waals surface area contributed by atoms with E-state index in [4.69, 9.17) is 0 Å². The van der Waals surface area contributed by atoms with E-state index in [1.807, 2.05) is 18.2 Å². The van der Waals surface area contributed by atoms with E-state index in [2.05, 4.69) is 64.5 Å².